The van der Waals surface area contributed by atoms with Crippen LogP contribution in [0.25, 0.3) is 22.3 Å². The predicted octanol–water partition coefficient (Wildman–Crippen LogP) is 6.81. The van der Waals surface area contributed by atoms with Crippen molar-refractivity contribution >= 4 is 38.9 Å². The van der Waals surface area contributed by atoms with Gasteiger partial charge >= 0.3 is 0 Å². The minimum atomic E-state index is 0.596. The van der Waals surface area contributed by atoms with Crippen molar-refractivity contribution in [3.8, 4) is 28.9 Å². The molecule has 0 saturated heterocycles. The van der Waals surface area contributed by atoms with E-state index in [1.54, 1.807) is 31.6 Å². The molecule has 2 aromatic carbocycles. The number of ether oxygens (including phenoxy) is 2. The molecule has 0 bridgehead atoms. The van der Waals surface area contributed by atoms with E-state index in [-0.39, 0.29) is 0 Å². The first-order valence-electron chi connectivity index (χ1n) is 10.7. The number of thiophene rings is 1. The summed E-state index contributed by atoms with van der Waals surface area (Å²) in [4.78, 5) is 6.25. The summed E-state index contributed by atoms with van der Waals surface area (Å²) in [7, 11) is 3.20. The highest BCUT2D eigenvalue weighted by Crippen LogP contribution is 2.39. The van der Waals surface area contributed by atoms with Crippen molar-refractivity contribution in [2.75, 3.05) is 14.2 Å². The second-order valence-electron chi connectivity index (χ2n) is 7.82. The van der Waals surface area contributed by atoms with Crippen molar-refractivity contribution in [2.45, 2.75) is 25.7 Å². The maximum Gasteiger partial charge on any atom is 0.161 e. The quantitative estimate of drug-likeness (QED) is 0.324. The molecule has 33 heavy (non-hydrogen) atoms. The molecule has 0 saturated carbocycles. The molecule has 5 rings (SSSR count). The zero-order chi connectivity index (χ0) is 22.9. The van der Waals surface area contributed by atoms with Crippen LogP contribution in [0.15, 0.2) is 51.9 Å². The van der Waals surface area contributed by atoms with Gasteiger partial charge in [-0.2, -0.15) is 5.26 Å². The summed E-state index contributed by atoms with van der Waals surface area (Å²) in [5.41, 5.74) is 3.34. The van der Waals surface area contributed by atoms with Crippen molar-refractivity contribution < 1.29 is 13.9 Å². The van der Waals surface area contributed by atoms with Gasteiger partial charge in [0, 0.05) is 26.9 Å². The van der Waals surface area contributed by atoms with Crippen LogP contribution in [0.3, 0.4) is 0 Å². The summed E-state index contributed by atoms with van der Waals surface area (Å²) in [6.45, 7) is 0. The van der Waals surface area contributed by atoms with Gasteiger partial charge < -0.3 is 13.9 Å². The van der Waals surface area contributed by atoms with Crippen LogP contribution in [-0.2, 0) is 12.8 Å². The number of fused-ring (bicyclic) bond motifs is 2. The standard InChI is InChI=1S/C26H21ClN2O3S/c1-30-22-9-7-15(11-24(22)31-2)23-13-20(18-12-16(27)8-10-21(18)32-23)29-26-19(14-28)17-5-3-4-6-25(17)33-26/h7-13H,3-6H2,1-2H3/b29-20+. The van der Waals surface area contributed by atoms with Crippen LogP contribution in [0, 0.1) is 11.3 Å². The number of benzene rings is 2. The van der Waals surface area contributed by atoms with Crippen molar-refractivity contribution in [1.29, 1.82) is 5.26 Å². The molecule has 0 N–H and O–H groups in total. The first kappa shape index (κ1) is 21.6. The Balaban J connectivity index is 1.75. The molecule has 4 aromatic rings. The number of methoxy groups -OCH3 is 2. The Hall–Kier alpha value is -3.27. The van der Waals surface area contributed by atoms with Gasteiger partial charge in [0.25, 0.3) is 0 Å². The highest BCUT2D eigenvalue weighted by Gasteiger charge is 2.20. The van der Waals surface area contributed by atoms with Gasteiger partial charge in [0.2, 0.25) is 0 Å². The Bertz CT molecular complexity index is 1480. The van der Waals surface area contributed by atoms with Gasteiger partial charge in [-0.15, -0.1) is 11.3 Å². The second-order valence-corrected chi connectivity index (χ2v) is 9.34. The molecule has 1 aliphatic rings. The number of aryl methyl sites for hydroxylation is 1. The largest absolute Gasteiger partial charge is 0.493 e. The molecular weight excluding hydrogens is 456 g/mol. The van der Waals surface area contributed by atoms with E-state index in [2.05, 4.69) is 6.07 Å². The van der Waals surface area contributed by atoms with Crippen molar-refractivity contribution in [3.05, 3.63) is 68.8 Å². The zero-order valence-electron chi connectivity index (χ0n) is 18.3. The number of hydrogen-bond donors (Lipinski definition) is 0. The maximum absolute atomic E-state index is 9.87. The van der Waals surface area contributed by atoms with E-state index in [1.165, 1.54) is 4.88 Å². The lowest BCUT2D eigenvalue weighted by atomic mass is 9.96. The SMILES string of the molecule is COc1ccc(-c2c/c(=N\c3sc4c(c3C#N)CCCC4)c3cc(Cl)ccc3o2)cc1OC. The van der Waals surface area contributed by atoms with E-state index in [0.29, 0.717) is 38.8 Å². The minimum Gasteiger partial charge on any atom is -0.493 e. The van der Waals surface area contributed by atoms with Gasteiger partial charge in [-0.25, -0.2) is 4.99 Å². The fourth-order valence-electron chi connectivity index (χ4n) is 4.22. The van der Waals surface area contributed by atoms with Crippen molar-refractivity contribution in [2.24, 2.45) is 4.99 Å². The summed E-state index contributed by atoms with van der Waals surface area (Å²) in [6.07, 6.45) is 4.23. The Morgan fingerprint density at radius 2 is 1.85 bits per heavy atom. The molecule has 0 atom stereocenters. The van der Waals surface area contributed by atoms with Gasteiger partial charge in [0.05, 0.1) is 25.1 Å². The van der Waals surface area contributed by atoms with Crippen molar-refractivity contribution in [3.63, 3.8) is 0 Å². The third-order valence-corrected chi connectivity index (χ3v) is 7.28. The van der Waals surface area contributed by atoms with E-state index in [0.717, 1.165) is 47.2 Å². The lowest BCUT2D eigenvalue weighted by molar-refractivity contribution is 0.355. The minimum absolute atomic E-state index is 0.596. The van der Waals surface area contributed by atoms with E-state index in [9.17, 15) is 5.26 Å². The van der Waals surface area contributed by atoms with Crippen LogP contribution in [0.4, 0.5) is 5.00 Å². The van der Waals surface area contributed by atoms with Crippen LogP contribution < -0.4 is 14.8 Å². The van der Waals surface area contributed by atoms with Crippen molar-refractivity contribution in [1.82, 2.24) is 0 Å². The van der Waals surface area contributed by atoms with Crippen LogP contribution in [-0.4, -0.2) is 14.2 Å². The average Bonchev–Trinajstić information content (AvgIpc) is 3.20. The Morgan fingerprint density at radius 3 is 2.64 bits per heavy atom. The van der Waals surface area contributed by atoms with Crippen LogP contribution in [0.2, 0.25) is 5.02 Å². The predicted molar refractivity (Wildman–Crippen MR) is 131 cm³/mol. The van der Waals surface area contributed by atoms with E-state index >= 15 is 0 Å². The van der Waals surface area contributed by atoms with Gasteiger partial charge in [0.15, 0.2) is 11.5 Å². The smallest absolute Gasteiger partial charge is 0.161 e. The topological polar surface area (TPSA) is 67.8 Å². The van der Waals surface area contributed by atoms with E-state index < -0.39 is 0 Å². The van der Waals surface area contributed by atoms with Crippen LogP contribution in [0.1, 0.15) is 28.8 Å². The normalized spacial score (nSPS) is 13.6. The van der Waals surface area contributed by atoms with Gasteiger partial charge in [-0.1, -0.05) is 11.6 Å². The first-order chi connectivity index (χ1) is 16.1. The molecule has 0 radical (unpaired) electrons. The van der Waals surface area contributed by atoms with E-state index in [4.69, 9.17) is 30.5 Å². The molecule has 0 amide bonds. The fourth-order valence-corrected chi connectivity index (χ4v) is 5.61. The molecular formula is C26H21ClN2O3S. The lowest BCUT2D eigenvalue weighted by Gasteiger charge is -2.10. The number of nitriles is 1. The van der Waals surface area contributed by atoms with Gasteiger partial charge in [0.1, 0.15) is 22.4 Å². The molecule has 0 aliphatic heterocycles. The number of nitrogens with zero attached hydrogens (tertiary/aromatic N) is 2. The molecule has 2 heterocycles. The first-order valence-corrected chi connectivity index (χ1v) is 11.9. The fraction of sp³-hybridized carbons (Fsp3) is 0.231. The molecule has 7 heteroatoms. The average molecular weight is 477 g/mol. The van der Waals surface area contributed by atoms with Crippen LogP contribution in [0.5, 0.6) is 11.5 Å². The monoisotopic (exact) mass is 476 g/mol. The Labute approximate surface area is 200 Å². The van der Waals surface area contributed by atoms with E-state index in [1.807, 2.05) is 36.4 Å². The highest BCUT2D eigenvalue weighted by molar-refractivity contribution is 7.16. The second kappa shape index (κ2) is 8.93. The zero-order valence-corrected chi connectivity index (χ0v) is 19.8. The third kappa shape index (κ3) is 3.99. The Morgan fingerprint density at radius 1 is 1.03 bits per heavy atom. The number of rotatable bonds is 4. The molecule has 166 valence electrons. The third-order valence-electron chi connectivity index (χ3n) is 5.86. The van der Waals surface area contributed by atoms with Gasteiger partial charge in [-0.3, -0.25) is 0 Å². The molecule has 2 aromatic heterocycles. The Kier molecular flexibility index (Phi) is 5.84. The number of halogens is 1. The highest BCUT2D eigenvalue weighted by atomic mass is 35.5. The molecule has 1 aliphatic carbocycles. The summed E-state index contributed by atoms with van der Waals surface area (Å²) in [6, 6.07) is 15.4. The maximum atomic E-state index is 9.87. The summed E-state index contributed by atoms with van der Waals surface area (Å²) >= 11 is 7.92. The summed E-state index contributed by atoms with van der Waals surface area (Å²) < 4.78 is 17.0. The van der Waals surface area contributed by atoms with Gasteiger partial charge in [-0.05, 0) is 67.6 Å². The lowest BCUT2D eigenvalue weighted by Crippen LogP contribution is -2.03. The molecule has 5 nitrogen and oxygen atoms in total. The molecule has 0 spiro atoms. The summed E-state index contributed by atoms with van der Waals surface area (Å²) in [5, 5.41) is 12.7. The molecule has 0 unspecified atom stereocenters. The number of hydrogen-bond acceptors (Lipinski definition) is 6. The van der Waals surface area contributed by atoms with Crippen LogP contribution >= 0.6 is 22.9 Å². The molecule has 0 fully saturated rings. The summed E-state index contributed by atoms with van der Waals surface area (Å²) in [5.74, 6) is 1.88.